The molecule has 1 rings (SSSR count). The number of carbonyl (C=O) groups excluding carboxylic acids is 1. The molecule has 4 N–H and O–H groups in total. The van der Waals surface area contributed by atoms with Crippen molar-refractivity contribution >= 4 is 5.91 Å². The molecule has 0 unspecified atom stereocenters. The van der Waals surface area contributed by atoms with Crippen molar-refractivity contribution in [3.63, 3.8) is 0 Å². The van der Waals surface area contributed by atoms with Crippen LogP contribution in [-0.2, 0) is 6.54 Å². The highest BCUT2D eigenvalue weighted by molar-refractivity contribution is 5.94. The van der Waals surface area contributed by atoms with Gasteiger partial charge in [-0.15, -0.1) is 0 Å². The number of amides is 1. The van der Waals surface area contributed by atoms with Gasteiger partial charge in [-0.3, -0.25) is 4.79 Å². The first kappa shape index (κ1) is 13.7. The third kappa shape index (κ3) is 4.17. The van der Waals surface area contributed by atoms with E-state index < -0.39 is 0 Å². The second-order valence-corrected chi connectivity index (χ2v) is 4.91. The molecule has 0 spiro atoms. The summed E-state index contributed by atoms with van der Waals surface area (Å²) in [6, 6.07) is 7.23. The fraction of sp³-hybridized carbons (Fsp3) is 0.462. The number of hydrogen-bond acceptors (Lipinski definition) is 3. The van der Waals surface area contributed by atoms with E-state index in [1.54, 1.807) is 12.1 Å². The van der Waals surface area contributed by atoms with Gasteiger partial charge in [-0.25, -0.2) is 0 Å². The van der Waals surface area contributed by atoms with Crippen molar-refractivity contribution in [3.8, 4) is 0 Å². The van der Waals surface area contributed by atoms with Crippen molar-refractivity contribution in [2.45, 2.75) is 20.4 Å². The van der Waals surface area contributed by atoms with Gasteiger partial charge in [0.25, 0.3) is 5.91 Å². The second kappa shape index (κ2) is 5.80. The van der Waals surface area contributed by atoms with Crippen LogP contribution in [0.4, 0.5) is 0 Å². The zero-order valence-corrected chi connectivity index (χ0v) is 10.4. The second-order valence-electron chi connectivity index (χ2n) is 4.91. The zero-order chi connectivity index (χ0) is 12.9. The molecule has 0 aliphatic carbocycles. The molecule has 0 aromatic heterocycles. The molecular formula is C13H20N2O2. The van der Waals surface area contributed by atoms with Gasteiger partial charge >= 0.3 is 0 Å². The third-order valence-corrected chi connectivity index (χ3v) is 2.58. The molecule has 0 saturated heterocycles. The number of benzene rings is 1. The molecule has 1 aromatic carbocycles. The summed E-state index contributed by atoms with van der Waals surface area (Å²) in [6.07, 6.45) is 0. The number of aliphatic hydroxyl groups excluding tert-OH is 1. The first-order valence-corrected chi connectivity index (χ1v) is 5.66. The number of hydrogen-bond donors (Lipinski definition) is 3. The molecule has 4 nitrogen and oxygen atoms in total. The van der Waals surface area contributed by atoms with Gasteiger partial charge in [-0.1, -0.05) is 26.0 Å². The lowest BCUT2D eigenvalue weighted by atomic mass is 9.95. The molecule has 0 saturated carbocycles. The molecule has 0 bridgehead atoms. The van der Waals surface area contributed by atoms with Crippen LogP contribution in [-0.4, -0.2) is 24.2 Å². The lowest BCUT2D eigenvalue weighted by Crippen LogP contribution is -2.36. The van der Waals surface area contributed by atoms with Gasteiger partial charge in [0.05, 0.1) is 0 Å². The predicted octanol–water partition coefficient (Wildman–Crippen LogP) is 0.894. The van der Waals surface area contributed by atoms with Gasteiger partial charge in [0.2, 0.25) is 0 Å². The highest BCUT2D eigenvalue weighted by atomic mass is 16.3. The number of rotatable bonds is 5. The topological polar surface area (TPSA) is 75.3 Å². The predicted molar refractivity (Wildman–Crippen MR) is 67.5 cm³/mol. The maximum Gasteiger partial charge on any atom is 0.251 e. The van der Waals surface area contributed by atoms with E-state index in [1.807, 2.05) is 26.0 Å². The van der Waals surface area contributed by atoms with E-state index in [1.165, 1.54) is 0 Å². The number of nitrogens with two attached hydrogens (primary N) is 1. The Balaban J connectivity index is 2.64. The number of carbonyl (C=O) groups is 1. The molecule has 0 fully saturated rings. The van der Waals surface area contributed by atoms with Gasteiger partial charge in [0.1, 0.15) is 0 Å². The molecule has 4 heteroatoms. The highest BCUT2D eigenvalue weighted by Gasteiger charge is 2.17. The van der Waals surface area contributed by atoms with Crippen LogP contribution in [0.3, 0.4) is 0 Å². The molecule has 0 aliphatic heterocycles. The van der Waals surface area contributed by atoms with Crippen molar-refractivity contribution in [2.75, 3.05) is 13.2 Å². The number of nitrogens with one attached hydrogen (secondary N) is 1. The average Bonchev–Trinajstić information content (AvgIpc) is 2.36. The van der Waals surface area contributed by atoms with Crippen molar-refractivity contribution in [1.29, 1.82) is 0 Å². The van der Waals surface area contributed by atoms with Crippen LogP contribution in [0, 0.1) is 5.41 Å². The van der Waals surface area contributed by atoms with Crippen LogP contribution in [0.15, 0.2) is 24.3 Å². The number of aliphatic hydroxyl groups is 1. The molecule has 1 aromatic rings. The van der Waals surface area contributed by atoms with Gasteiger partial charge < -0.3 is 16.2 Å². The Kier molecular flexibility index (Phi) is 4.66. The first-order chi connectivity index (χ1) is 7.98. The van der Waals surface area contributed by atoms with Gasteiger partial charge in [-0.2, -0.15) is 0 Å². The summed E-state index contributed by atoms with van der Waals surface area (Å²) in [5.41, 5.74) is 6.74. The summed E-state index contributed by atoms with van der Waals surface area (Å²) in [6.45, 7) is 4.68. The molecule has 0 heterocycles. The van der Waals surface area contributed by atoms with Gasteiger partial charge in [-0.05, 0) is 17.7 Å². The van der Waals surface area contributed by atoms with E-state index in [0.29, 0.717) is 18.7 Å². The molecule has 17 heavy (non-hydrogen) atoms. The summed E-state index contributed by atoms with van der Waals surface area (Å²) in [4.78, 5) is 11.8. The maximum absolute atomic E-state index is 11.8. The fourth-order valence-corrected chi connectivity index (χ4v) is 1.32. The van der Waals surface area contributed by atoms with Crippen molar-refractivity contribution in [1.82, 2.24) is 5.32 Å². The van der Waals surface area contributed by atoms with Crippen molar-refractivity contribution < 1.29 is 9.90 Å². The minimum atomic E-state index is -0.304. The lowest BCUT2D eigenvalue weighted by molar-refractivity contribution is 0.0911. The monoisotopic (exact) mass is 236 g/mol. The minimum absolute atomic E-state index is 0.0378. The van der Waals surface area contributed by atoms with E-state index in [4.69, 9.17) is 10.8 Å². The van der Waals surface area contributed by atoms with Crippen LogP contribution < -0.4 is 11.1 Å². The summed E-state index contributed by atoms with van der Waals surface area (Å²) in [7, 11) is 0. The molecule has 0 aliphatic rings. The molecule has 0 atom stereocenters. The Labute approximate surface area is 102 Å². The zero-order valence-electron chi connectivity index (χ0n) is 10.4. The molecule has 0 radical (unpaired) electrons. The average molecular weight is 236 g/mol. The summed E-state index contributed by atoms with van der Waals surface area (Å²) in [5.74, 6) is -0.137. The SMILES string of the molecule is CC(C)(CO)CNC(=O)c1cccc(CN)c1. The van der Waals surface area contributed by atoms with Crippen LogP contribution in [0.1, 0.15) is 29.8 Å². The summed E-state index contributed by atoms with van der Waals surface area (Å²) >= 11 is 0. The smallest absolute Gasteiger partial charge is 0.251 e. The summed E-state index contributed by atoms with van der Waals surface area (Å²) < 4.78 is 0. The third-order valence-electron chi connectivity index (χ3n) is 2.58. The van der Waals surface area contributed by atoms with E-state index in [0.717, 1.165) is 5.56 Å². The Morgan fingerprint density at radius 2 is 2.18 bits per heavy atom. The minimum Gasteiger partial charge on any atom is -0.396 e. The highest BCUT2D eigenvalue weighted by Crippen LogP contribution is 2.12. The normalized spacial score (nSPS) is 11.3. The fourth-order valence-electron chi connectivity index (χ4n) is 1.32. The van der Waals surface area contributed by atoms with Crippen LogP contribution in [0.2, 0.25) is 0 Å². The Hall–Kier alpha value is -1.39. The van der Waals surface area contributed by atoms with E-state index in [9.17, 15) is 4.79 Å². The summed E-state index contributed by atoms with van der Waals surface area (Å²) in [5, 5.41) is 11.9. The van der Waals surface area contributed by atoms with Crippen LogP contribution in [0.5, 0.6) is 0 Å². The van der Waals surface area contributed by atoms with Crippen LogP contribution >= 0.6 is 0 Å². The van der Waals surface area contributed by atoms with Crippen LogP contribution in [0.25, 0.3) is 0 Å². The quantitative estimate of drug-likeness (QED) is 0.711. The Morgan fingerprint density at radius 1 is 1.47 bits per heavy atom. The van der Waals surface area contributed by atoms with E-state index in [-0.39, 0.29) is 17.9 Å². The van der Waals surface area contributed by atoms with E-state index >= 15 is 0 Å². The Morgan fingerprint density at radius 3 is 2.76 bits per heavy atom. The standard InChI is InChI=1S/C13H20N2O2/c1-13(2,9-16)8-15-12(17)11-5-3-4-10(6-11)7-14/h3-6,16H,7-9,14H2,1-2H3,(H,15,17). The van der Waals surface area contributed by atoms with Crippen molar-refractivity contribution in [2.24, 2.45) is 11.1 Å². The Bertz CT molecular complexity index is 389. The van der Waals surface area contributed by atoms with Gasteiger partial charge in [0, 0.05) is 30.7 Å². The molecular weight excluding hydrogens is 216 g/mol. The lowest BCUT2D eigenvalue weighted by Gasteiger charge is -2.21. The largest absolute Gasteiger partial charge is 0.396 e. The molecule has 1 amide bonds. The maximum atomic E-state index is 11.8. The molecule has 94 valence electrons. The van der Waals surface area contributed by atoms with E-state index in [2.05, 4.69) is 5.32 Å². The first-order valence-electron chi connectivity index (χ1n) is 5.66. The van der Waals surface area contributed by atoms with Gasteiger partial charge in [0.15, 0.2) is 0 Å². The van der Waals surface area contributed by atoms with Crippen molar-refractivity contribution in [3.05, 3.63) is 35.4 Å².